The lowest BCUT2D eigenvalue weighted by atomic mass is 10.0. The Kier molecular flexibility index (Phi) is 6.65. The van der Waals surface area contributed by atoms with E-state index >= 15 is 0 Å². The predicted octanol–water partition coefficient (Wildman–Crippen LogP) is 4.44. The number of amides is 1. The second-order valence-electron chi connectivity index (χ2n) is 9.97. The van der Waals surface area contributed by atoms with Crippen LogP contribution in [0.1, 0.15) is 51.1 Å². The van der Waals surface area contributed by atoms with E-state index in [0.717, 1.165) is 59.1 Å². The van der Waals surface area contributed by atoms with E-state index in [1.165, 1.54) is 0 Å². The summed E-state index contributed by atoms with van der Waals surface area (Å²) < 4.78 is 29.3. The lowest BCUT2D eigenvalue weighted by molar-refractivity contribution is -0.117. The number of sulfonamides is 1. The van der Waals surface area contributed by atoms with Gasteiger partial charge < -0.3 is 15.2 Å². The first kappa shape index (κ1) is 24.9. The number of carbonyl (C=O) groups is 1. The van der Waals surface area contributed by atoms with Gasteiger partial charge in [-0.2, -0.15) is 0 Å². The zero-order valence-electron chi connectivity index (χ0n) is 20.7. The molecule has 2 N–H and O–H groups in total. The second kappa shape index (κ2) is 9.61. The van der Waals surface area contributed by atoms with Gasteiger partial charge in [0.2, 0.25) is 15.9 Å². The van der Waals surface area contributed by atoms with Crippen molar-refractivity contribution in [2.75, 3.05) is 24.5 Å². The summed E-state index contributed by atoms with van der Waals surface area (Å²) in [5.41, 5.74) is 10.8. The van der Waals surface area contributed by atoms with Gasteiger partial charge in [-0.05, 0) is 56.9 Å². The van der Waals surface area contributed by atoms with Crippen molar-refractivity contribution < 1.29 is 13.2 Å². The molecule has 3 heterocycles. The van der Waals surface area contributed by atoms with Crippen LogP contribution in [0.15, 0.2) is 48.7 Å². The van der Waals surface area contributed by atoms with Crippen molar-refractivity contribution in [3.8, 4) is 11.1 Å². The van der Waals surface area contributed by atoms with Crippen LogP contribution in [0.4, 0.5) is 5.69 Å². The third-order valence-corrected chi connectivity index (χ3v) is 9.95. The molecule has 190 valence electrons. The summed E-state index contributed by atoms with van der Waals surface area (Å²) >= 11 is 5.21. The zero-order chi connectivity index (χ0) is 25.6. The molecule has 1 amide bonds. The molecule has 2 aromatic carbocycles. The van der Waals surface area contributed by atoms with Crippen LogP contribution >= 0.6 is 12.2 Å². The van der Waals surface area contributed by atoms with Crippen molar-refractivity contribution in [1.82, 2.24) is 8.87 Å². The van der Waals surface area contributed by atoms with E-state index < -0.39 is 15.3 Å². The van der Waals surface area contributed by atoms with E-state index in [1.807, 2.05) is 29.2 Å². The molecule has 0 radical (unpaired) electrons. The second-order valence-corrected chi connectivity index (χ2v) is 12.9. The van der Waals surface area contributed by atoms with Gasteiger partial charge in [0, 0.05) is 60.5 Å². The Hall–Kier alpha value is -2.75. The van der Waals surface area contributed by atoms with Crippen molar-refractivity contribution in [3.63, 3.8) is 0 Å². The fourth-order valence-corrected chi connectivity index (χ4v) is 6.82. The highest BCUT2D eigenvalue weighted by Gasteiger charge is 2.32. The Morgan fingerprint density at radius 3 is 2.47 bits per heavy atom. The van der Waals surface area contributed by atoms with Crippen LogP contribution in [-0.2, 0) is 14.8 Å². The van der Waals surface area contributed by atoms with E-state index in [9.17, 15) is 13.2 Å². The van der Waals surface area contributed by atoms with Gasteiger partial charge in [0.15, 0.2) is 0 Å². The van der Waals surface area contributed by atoms with Crippen LogP contribution in [0.5, 0.6) is 0 Å². The SMILES string of the molecule is CC(C)S(=O)(=O)N1CCC(n2cc(-c3cccc(C(N)=S)c3)c3ccc(N4CCCC4=O)cc32)CC1. The number of nitrogens with zero attached hydrogens (tertiary/aromatic N) is 3. The molecule has 3 aromatic rings. The minimum Gasteiger partial charge on any atom is -0.389 e. The topological polar surface area (TPSA) is 88.6 Å². The number of hydrogen-bond donors (Lipinski definition) is 1. The van der Waals surface area contributed by atoms with Crippen LogP contribution in [0.3, 0.4) is 0 Å². The molecule has 1 aromatic heterocycles. The molecule has 7 nitrogen and oxygen atoms in total. The van der Waals surface area contributed by atoms with Gasteiger partial charge in [-0.1, -0.05) is 36.5 Å². The van der Waals surface area contributed by atoms with Crippen molar-refractivity contribution in [2.24, 2.45) is 5.73 Å². The molecule has 0 bridgehead atoms. The Balaban J connectivity index is 1.57. The van der Waals surface area contributed by atoms with Crippen LogP contribution < -0.4 is 10.6 Å². The number of piperidine rings is 1. The van der Waals surface area contributed by atoms with Crippen LogP contribution in [0.25, 0.3) is 22.0 Å². The highest BCUT2D eigenvalue weighted by molar-refractivity contribution is 7.89. The smallest absolute Gasteiger partial charge is 0.227 e. The first-order valence-electron chi connectivity index (χ1n) is 12.5. The standard InChI is InChI=1S/C27H32N4O3S2/c1-18(2)36(33,34)29-13-10-21(11-14-29)31-17-24(19-5-3-6-20(15-19)27(28)35)23-9-8-22(16-25(23)31)30-12-4-7-26(30)32/h3,5-6,8-9,15-18,21H,4,7,10-14H2,1-2H3,(H2,28,35). The van der Waals surface area contributed by atoms with Crippen molar-refractivity contribution in [3.05, 3.63) is 54.2 Å². The maximum Gasteiger partial charge on any atom is 0.227 e. The molecule has 5 rings (SSSR count). The third kappa shape index (κ3) is 4.44. The summed E-state index contributed by atoms with van der Waals surface area (Å²) in [6.07, 6.45) is 5.08. The molecule has 0 unspecified atom stereocenters. The molecule has 0 saturated carbocycles. The fourth-order valence-electron chi connectivity index (χ4n) is 5.37. The molecule has 2 saturated heterocycles. The summed E-state index contributed by atoms with van der Waals surface area (Å²) in [7, 11) is -3.27. The van der Waals surface area contributed by atoms with E-state index in [2.05, 4.69) is 29.0 Å². The Labute approximate surface area is 217 Å². The normalized spacial score (nSPS) is 18.0. The van der Waals surface area contributed by atoms with E-state index in [4.69, 9.17) is 18.0 Å². The largest absolute Gasteiger partial charge is 0.389 e. The number of fused-ring (bicyclic) bond motifs is 1. The van der Waals surface area contributed by atoms with Crippen molar-refractivity contribution in [1.29, 1.82) is 0 Å². The first-order chi connectivity index (χ1) is 17.2. The molecular formula is C27H32N4O3S2. The van der Waals surface area contributed by atoms with Crippen LogP contribution in [-0.4, -0.2) is 53.1 Å². The summed E-state index contributed by atoms with van der Waals surface area (Å²) in [6.45, 7) is 5.20. The summed E-state index contributed by atoms with van der Waals surface area (Å²) in [4.78, 5) is 14.7. The first-order valence-corrected chi connectivity index (χ1v) is 14.4. The number of rotatable bonds is 6. The lowest BCUT2D eigenvalue weighted by Gasteiger charge is -2.33. The highest BCUT2D eigenvalue weighted by atomic mass is 32.2. The van der Waals surface area contributed by atoms with Gasteiger partial charge in [-0.15, -0.1) is 0 Å². The van der Waals surface area contributed by atoms with Gasteiger partial charge in [-0.3, -0.25) is 4.79 Å². The van der Waals surface area contributed by atoms with Gasteiger partial charge in [0.1, 0.15) is 4.99 Å². The minimum absolute atomic E-state index is 0.156. The lowest BCUT2D eigenvalue weighted by Crippen LogP contribution is -2.42. The molecular weight excluding hydrogens is 492 g/mol. The van der Waals surface area contributed by atoms with E-state index in [0.29, 0.717) is 24.5 Å². The van der Waals surface area contributed by atoms with E-state index in [-0.39, 0.29) is 11.9 Å². The molecule has 0 atom stereocenters. The number of hydrogen-bond acceptors (Lipinski definition) is 4. The Bertz CT molecular complexity index is 1440. The molecule has 2 fully saturated rings. The Morgan fingerprint density at radius 2 is 1.83 bits per heavy atom. The predicted molar refractivity (Wildman–Crippen MR) is 149 cm³/mol. The average Bonchev–Trinajstić information content (AvgIpc) is 3.47. The molecule has 2 aliphatic rings. The number of anilines is 1. The van der Waals surface area contributed by atoms with Crippen molar-refractivity contribution >= 4 is 49.7 Å². The average molecular weight is 525 g/mol. The number of aromatic nitrogens is 1. The van der Waals surface area contributed by atoms with Gasteiger partial charge in [0.25, 0.3) is 0 Å². The number of thiocarbonyl (C=S) groups is 1. The molecule has 0 spiro atoms. The molecule has 9 heteroatoms. The quantitative estimate of drug-likeness (QED) is 0.482. The third-order valence-electron chi connectivity index (χ3n) is 7.43. The van der Waals surface area contributed by atoms with E-state index in [1.54, 1.807) is 18.2 Å². The number of nitrogens with two attached hydrogens (primary N) is 1. The van der Waals surface area contributed by atoms with Gasteiger partial charge >= 0.3 is 0 Å². The molecule has 0 aliphatic carbocycles. The van der Waals surface area contributed by atoms with Gasteiger partial charge in [-0.25, -0.2) is 12.7 Å². The number of carbonyl (C=O) groups excluding carboxylic acids is 1. The Morgan fingerprint density at radius 1 is 1.08 bits per heavy atom. The van der Waals surface area contributed by atoms with Crippen LogP contribution in [0, 0.1) is 0 Å². The zero-order valence-corrected chi connectivity index (χ0v) is 22.3. The van der Waals surface area contributed by atoms with Crippen LogP contribution in [0.2, 0.25) is 0 Å². The monoisotopic (exact) mass is 524 g/mol. The summed E-state index contributed by atoms with van der Waals surface area (Å²) in [5.74, 6) is 0.157. The summed E-state index contributed by atoms with van der Waals surface area (Å²) in [6, 6.07) is 14.3. The minimum atomic E-state index is -3.27. The number of benzene rings is 2. The maximum absolute atomic E-state index is 12.7. The molecule has 2 aliphatic heterocycles. The highest BCUT2D eigenvalue weighted by Crippen LogP contribution is 2.38. The van der Waals surface area contributed by atoms with Gasteiger partial charge in [0.05, 0.1) is 10.8 Å². The van der Waals surface area contributed by atoms with Crippen molar-refractivity contribution in [2.45, 2.75) is 50.8 Å². The fraction of sp³-hybridized carbons (Fsp3) is 0.407. The summed E-state index contributed by atoms with van der Waals surface area (Å²) in [5, 5.41) is 0.664. The maximum atomic E-state index is 12.7. The molecule has 36 heavy (non-hydrogen) atoms.